The fourth-order valence-electron chi connectivity index (χ4n) is 2.57. The van der Waals surface area contributed by atoms with Gasteiger partial charge in [0.05, 0.1) is 11.9 Å². The molecule has 1 saturated heterocycles. The third-order valence-electron chi connectivity index (χ3n) is 3.40. The molecule has 1 aliphatic rings. The lowest BCUT2D eigenvalue weighted by Crippen LogP contribution is -2.25. The van der Waals surface area contributed by atoms with Crippen molar-refractivity contribution < 1.29 is 17.9 Å². The van der Waals surface area contributed by atoms with Crippen molar-refractivity contribution in [3.63, 3.8) is 0 Å². The lowest BCUT2D eigenvalue weighted by Gasteiger charge is -2.17. The number of benzene rings is 1. The van der Waals surface area contributed by atoms with E-state index in [1.807, 2.05) is 38.1 Å². The third-order valence-corrected chi connectivity index (χ3v) is 4.65. The number of carbonyl (C=O) groups excluding carboxylic acids is 1. The predicted molar refractivity (Wildman–Crippen MR) is 85.4 cm³/mol. The zero-order valence-electron chi connectivity index (χ0n) is 12.7. The standard InChI is InChI=1S/C15H20ClNO4S/c1-11(2)21-14-5-3-12(4-6-14)8-17-9-13(7-15(17)18)10-22(16,19)20/h3-6,11,13H,7-10H2,1-2H3. The number of ether oxygens (including phenoxy) is 1. The monoisotopic (exact) mass is 345 g/mol. The van der Waals surface area contributed by atoms with Crippen LogP contribution in [-0.4, -0.2) is 37.6 Å². The Labute approximate surface area is 135 Å². The maximum atomic E-state index is 12.0. The number of amides is 1. The van der Waals surface area contributed by atoms with Gasteiger partial charge < -0.3 is 9.64 Å². The molecule has 0 aliphatic carbocycles. The van der Waals surface area contributed by atoms with Crippen LogP contribution in [0.4, 0.5) is 0 Å². The number of nitrogens with zero attached hydrogens (tertiary/aromatic N) is 1. The van der Waals surface area contributed by atoms with E-state index in [9.17, 15) is 13.2 Å². The molecule has 5 nitrogen and oxygen atoms in total. The minimum atomic E-state index is -3.57. The van der Waals surface area contributed by atoms with Gasteiger partial charge in [0.25, 0.3) is 0 Å². The summed E-state index contributed by atoms with van der Waals surface area (Å²) in [6.45, 7) is 4.82. The van der Waals surface area contributed by atoms with Gasteiger partial charge in [-0.3, -0.25) is 4.79 Å². The maximum absolute atomic E-state index is 12.0. The number of rotatable bonds is 6. The Kier molecular flexibility index (Phi) is 5.34. The van der Waals surface area contributed by atoms with E-state index in [1.165, 1.54) is 0 Å². The number of likely N-dealkylation sites (tertiary alicyclic amines) is 1. The van der Waals surface area contributed by atoms with E-state index in [4.69, 9.17) is 15.4 Å². The maximum Gasteiger partial charge on any atom is 0.232 e. The quantitative estimate of drug-likeness (QED) is 0.743. The average molecular weight is 346 g/mol. The summed E-state index contributed by atoms with van der Waals surface area (Å²) in [5.41, 5.74) is 0.985. The van der Waals surface area contributed by atoms with Gasteiger partial charge in [0, 0.05) is 36.1 Å². The summed E-state index contributed by atoms with van der Waals surface area (Å²) in [6, 6.07) is 7.57. The highest BCUT2D eigenvalue weighted by Crippen LogP contribution is 2.23. The lowest BCUT2D eigenvalue weighted by atomic mass is 10.1. The van der Waals surface area contributed by atoms with Crippen LogP contribution in [0.3, 0.4) is 0 Å². The summed E-state index contributed by atoms with van der Waals surface area (Å²) < 4.78 is 27.8. The smallest absolute Gasteiger partial charge is 0.232 e. The third kappa shape index (κ3) is 5.18. The Bertz CT molecular complexity index is 627. The summed E-state index contributed by atoms with van der Waals surface area (Å²) in [7, 11) is 1.69. The summed E-state index contributed by atoms with van der Waals surface area (Å²) in [5.74, 6) is 0.377. The fraction of sp³-hybridized carbons (Fsp3) is 0.533. The van der Waals surface area contributed by atoms with Crippen LogP contribution < -0.4 is 4.74 Å². The lowest BCUT2D eigenvalue weighted by molar-refractivity contribution is -0.128. The van der Waals surface area contributed by atoms with Gasteiger partial charge in [-0.05, 0) is 31.5 Å². The number of halogens is 1. The second-order valence-corrected chi connectivity index (χ2v) is 8.68. The van der Waals surface area contributed by atoms with Gasteiger partial charge in [-0.15, -0.1) is 0 Å². The Morgan fingerprint density at radius 1 is 1.32 bits per heavy atom. The van der Waals surface area contributed by atoms with Crippen molar-refractivity contribution in [2.45, 2.75) is 32.9 Å². The van der Waals surface area contributed by atoms with E-state index < -0.39 is 9.05 Å². The van der Waals surface area contributed by atoms with E-state index >= 15 is 0 Å². The molecule has 1 aromatic rings. The SMILES string of the molecule is CC(C)Oc1ccc(CN2CC(CS(=O)(=O)Cl)CC2=O)cc1. The van der Waals surface area contributed by atoms with Crippen LogP contribution in [0.2, 0.25) is 0 Å². The number of hydrogen-bond donors (Lipinski definition) is 0. The highest BCUT2D eigenvalue weighted by atomic mass is 35.7. The highest BCUT2D eigenvalue weighted by molar-refractivity contribution is 8.13. The molecule has 1 atom stereocenters. The van der Waals surface area contributed by atoms with Crippen molar-refractivity contribution in [2.75, 3.05) is 12.3 Å². The van der Waals surface area contributed by atoms with Crippen LogP contribution in [0.1, 0.15) is 25.8 Å². The molecule has 1 aliphatic heterocycles. The minimum absolute atomic E-state index is 0.0344. The summed E-state index contributed by atoms with van der Waals surface area (Å²) in [5, 5.41) is 0. The molecule has 2 rings (SSSR count). The second-order valence-electron chi connectivity index (χ2n) is 5.86. The number of hydrogen-bond acceptors (Lipinski definition) is 4. The molecule has 1 unspecified atom stereocenters. The predicted octanol–water partition coefficient (Wildman–Crippen LogP) is 2.39. The molecule has 122 valence electrons. The Balaban J connectivity index is 1.94. The molecule has 1 heterocycles. The summed E-state index contributed by atoms with van der Waals surface area (Å²) in [4.78, 5) is 13.6. The van der Waals surface area contributed by atoms with Crippen molar-refractivity contribution in [1.29, 1.82) is 0 Å². The van der Waals surface area contributed by atoms with Crippen LogP contribution in [0.15, 0.2) is 24.3 Å². The van der Waals surface area contributed by atoms with Crippen LogP contribution in [0, 0.1) is 5.92 Å². The normalized spacial score (nSPS) is 19.0. The molecule has 0 bridgehead atoms. The van der Waals surface area contributed by atoms with Crippen molar-refractivity contribution in [2.24, 2.45) is 5.92 Å². The number of carbonyl (C=O) groups is 1. The van der Waals surface area contributed by atoms with Crippen LogP contribution in [-0.2, 0) is 20.4 Å². The second kappa shape index (κ2) is 6.87. The van der Waals surface area contributed by atoms with Crippen LogP contribution in [0.5, 0.6) is 5.75 Å². The van der Waals surface area contributed by atoms with Crippen molar-refractivity contribution in [3.05, 3.63) is 29.8 Å². The molecule has 22 heavy (non-hydrogen) atoms. The van der Waals surface area contributed by atoms with Crippen molar-refractivity contribution in [3.8, 4) is 5.75 Å². The topological polar surface area (TPSA) is 63.7 Å². The molecular weight excluding hydrogens is 326 g/mol. The first kappa shape index (κ1) is 17.1. The van der Waals surface area contributed by atoms with E-state index in [0.717, 1.165) is 11.3 Å². The molecule has 1 fully saturated rings. The largest absolute Gasteiger partial charge is 0.491 e. The average Bonchev–Trinajstić information content (AvgIpc) is 2.69. The van der Waals surface area contributed by atoms with E-state index in [-0.39, 0.29) is 30.1 Å². The van der Waals surface area contributed by atoms with Crippen LogP contribution >= 0.6 is 10.7 Å². The van der Waals surface area contributed by atoms with Gasteiger partial charge in [0.1, 0.15) is 5.75 Å². The molecule has 0 N–H and O–H groups in total. The molecule has 0 saturated carbocycles. The van der Waals surface area contributed by atoms with Crippen molar-refractivity contribution in [1.82, 2.24) is 4.90 Å². The molecule has 0 spiro atoms. The van der Waals surface area contributed by atoms with Gasteiger partial charge in [-0.1, -0.05) is 12.1 Å². The molecule has 0 radical (unpaired) electrons. The summed E-state index contributed by atoms with van der Waals surface area (Å²) >= 11 is 0. The van der Waals surface area contributed by atoms with Gasteiger partial charge in [0.2, 0.25) is 15.0 Å². The Morgan fingerprint density at radius 3 is 2.50 bits per heavy atom. The first-order valence-electron chi connectivity index (χ1n) is 7.18. The Morgan fingerprint density at radius 2 is 1.95 bits per heavy atom. The zero-order valence-corrected chi connectivity index (χ0v) is 14.2. The van der Waals surface area contributed by atoms with E-state index in [2.05, 4.69) is 0 Å². The molecular formula is C15H20ClNO4S. The first-order valence-corrected chi connectivity index (χ1v) is 9.66. The van der Waals surface area contributed by atoms with E-state index in [1.54, 1.807) is 4.90 Å². The van der Waals surface area contributed by atoms with Gasteiger partial charge >= 0.3 is 0 Å². The molecule has 1 aromatic carbocycles. The van der Waals surface area contributed by atoms with Crippen molar-refractivity contribution >= 4 is 25.6 Å². The molecule has 0 aromatic heterocycles. The summed E-state index contributed by atoms with van der Waals surface area (Å²) in [6.07, 6.45) is 0.352. The Hall–Kier alpha value is -1.27. The first-order chi connectivity index (χ1) is 10.2. The zero-order chi connectivity index (χ0) is 16.3. The minimum Gasteiger partial charge on any atom is -0.491 e. The molecule has 1 amide bonds. The van der Waals surface area contributed by atoms with Gasteiger partial charge in [-0.25, -0.2) is 8.42 Å². The van der Waals surface area contributed by atoms with Gasteiger partial charge in [0.15, 0.2) is 0 Å². The highest BCUT2D eigenvalue weighted by Gasteiger charge is 2.32. The molecule has 7 heteroatoms. The fourth-order valence-corrected chi connectivity index (χ4v) is 3.89. The van der Waals surface area contributed by atoms with E-state index in [0.29, 0.717) is 13.1 Å². The van der Waals surface area contributed by atoms with Crippen LogP contribution in [0.25, 0.3) is 0 Å². The van der Waals surface area contributed by atoms with Gasteiger partial charge in [-0.2, -0.15) is 0 Å².